The van der Waals surface area contributed by atoms with E-state index in [2.05, 4.69) is 5.32 Å². The van der Waals surface area contributed by atoms with E-state index < -0.39 is 17.7 Å². The third kappa shape index (κ3) is 4.36. The van der Waals surface area contributed by atoms with E-state index in [4.69, 9.17) is 5.73 Å². The first-order valence-corrected chi connectivity index (χ1v) is 6.57. The number of hydrogen-bond acceptors (Lipinski definition) is 2. The molecule has 2 aromatic carbocycles. The van der Waals surface area contributed by atoms with Crippen molar-refractivity contribution < 1.29 is 13.6 Å². The molecule has 1 atom stereocenters. The molecule has 3 N–H and O–H groups in total. The lowest BCUT2D eigenvalue weighted by Crippen LogP contribution is -2.27. The molecule has 0 saturated heterocycles. The van der Waals surface area contributed by atoms with Gasteiger partial charge in [0, 0.05) is 30.6 Å². The van der Waals surface area contributed by atoms with Crippen molar-refractivity contribution in [2.24, 2.45) is 5.73 Å². The van der Waals surface area contributed by atoms with Gasteiger partial charge in [-0.05, 0) is 11.6 Å². The fourth-order valence-electron chi connectivity index (χ4n) is 1.95. The van der Waals surface area contributed by atoms with Crippen molar-refractivity contribution in [2.75, 3.05) is 0 Å². The zero-order valence-corrected chi connectivity index (χ0v) is 11.4. The molecule has 1 unspecified atom stereocenters. The van der Waals surface area contributed by atoms with E-state index in [1.54, 1.807) is 0 Å². The van der Waals surface area contributed by atoms with E-state index in [-0.39, 0.29) is 24.4 Å². The Kier molecular flexibility index (Phi) is 5.00. The highest BCUT2D eigenvalue weighted by atomic mass is 19.1. The zero-order chi connectivity index (χ0) is 15.2. The normalized spacial score (nSPS) is 12.0. The number of hydrogen-bond donors (Lipinski definition) is 2. The molecular weight excluding hydrogens is 274 g/mol. The van der Waals surface area contributed by atoms with Gasteiger partial charge in [-0.25, -0.2) is 8.78 Å². The lowest BCUT2D eigenvalue weighted by molar-refractivity contribution is -0.121. The summed E-state index contributed by atoms with van der Waals surface area (Å²) in [5.41, 5.74) is 7.03. The SMILES string of the molecule is NC(CC(=O)NCc1ccc(F)cc1F)c1ccccc1. The molecule has 2 aromatic rings. The number of amides is 1. The molecule has 5 heteroatoms. The van der Waals surface area contributed by atoms with Crippen LogP contribution in [0.1, 0.15) is 23.6 Å². The first-order chi connectivity index (χ1) is 10.1. The Bertz CT molecular complexity index is 617. The second-order valence-electron chi connectivity index (χ2n) is 4.73. The van der Waals surface area contributed by atoms with Crippen LogP contribution in [0.25, 0.3) is 0 Å². The lowest BCUT2D eigenvalue weighted by Gasteiger charge is -2.12. The molecule has 21 heavy (non-hydrogen) atoms. The number of benzene rings is 2. The molecule has 0 fully saturated rings. The average Bonchev–Trinajstić information content (AvgIpc) is 2.47. The van der Waals surface area contributed by atoms with Gasteiger partial charge in [-0.1, -0.05) is 36.4 Å². The van der Waals surface area contributed by atoms with Crippen molar-refractivity contribution in [1.29, 1.82) is 0 Å². The topological polar surface area (TPSA) is 55.1 Å². The third-order valence-corrected chi connectivity index (χ3v) is 3.12. The summed E-state index contributed by atoms with van der Waals surface area (Å²) in [6.45, 7) is 0.00641. The van der Waals surface area contributed by atoms with Gasteiger partial charge in [-0.2, -0.15) is 0 Å². The minimum absolute atomic E-state index is 0.00641. The number of nitrogens with one attached hydrogen (secondary N) is 1. The first-order valence-electron chi connectivity index (χ1n) is 6.57. The molecule has 2 rings (SSSR count). The summed E-state index contributed by atoms with van der Waals surface area (Å²) in [5.74, 6) is -1.61. The highest BCUT2D eigenvalue weighted by Gasteiger charge is 2.12. The molecular formula is C16H16F2N2O. The van der Waals surface area contributed by atoms with Crippen molar-refractivity contribution in [1.82, 2.24) is 5.32 Å². The van der Waals surface area contributed by atoms with Gasteiger partial charge in [-0.15, -0.1) is 0 Å². The second-order valence-corrected chi connectivity index (χ2v) is 4.73. The highest BCUT2D eigenvalue weighted by molar-refractivity contribution is 5.76. The van der Waals surface area contributed by atoms with Gasteiger partial charge in [0.25, 0.3) is 0 Å². The predicted octanol–water partition coefficient (Wildman–Crippen LogP) is 2.67. The predicted molar refractivity (Wildman–Crippen MR) is 76.2 cm³/mol. The molecule has 1 amide bonds. The van der Waals surface area contributed by atoms with E-state index in [1.165, 1.54) is 6.07 Å². The second kappa shape index (κ2) is 6.95. The summed E-state index contributed by atoms with van der Waals surface area (Å²) in [5, 5.41) is 2.58. The van der Waals surface area contributed by atoms with E-state index in [1.807, 2.05) is 30.3 Å². The fourth-order valence-corrected chi connectivity index (χ4v) is 1.95. The highest BCUT2D eigenvalue weighted by Crippen LogP contribution is 2.13. The molecule has 0 bridgehead atoms. The van der Waals surface area contributed by atoms with E-state index in [0.717, 1.165) is 17.7 Å². The van der Waals surface area contributed by atoms with Crippen LogP contribution >= 0.6 is 0 Å². The smallest absolute Gasteiger partial charge is 0.222 e. The van der Waals surface area contributed by atoms with Crippen molar-refractivity contribution in [3.63, 3.8) is 0 Å². The van der Waals surface area contributed by atoms with Crippen LogP contribution in [0.4, 0.5) is 8.78 Å². The van der Waals surface area contributed by atoms with Gasteiger partial charge < -0.3 is 11.1 Å². The summed E-state index contributed by atoms with van der Waals surface area (Å²) in [4.78, 5) is 11.8. The molecule has 0 saturated carbocycles. The average molecular weight is 290 g/mol. The Balaban J connectivity index is 1.87. The van der Waals surface area contributed by atoms with Crippen LogP contribution in [0.3, 0.4) is 0 Å². The van der Waals surface area contributed by atoms with Gasteiger partial charge in [-0.3, -0.25) is 4.79 Å². The summed E-state index contributed by atoms with van der Waals surface area (Å²) < 4.78 is 26.2. The van der Waals surface area contributed by atoms with Crippen LogP contribution in [0.15, 0.2) is 48.5 Å². The molecule has 0 heterocycles. The molecule has 3 nitrogen and oxygen atoms in total. The number of carbonyl (C=O) groups excluding carboxylic acids is 1. The van der Waals surface area contributed by atoms with Crippen molar-refractivity contribution in [3.05, 3.63) is 71.3 Å². The number of halogens is 2. The maximum atomic E-state index is 13.4. The molecule has 0 radical (unpaired) electrons. The summed E-state index contributed by atoms with van der Waals surface area (Å²) in [6.07, 6.45) is 0.104. The molecule has 110 valence electrons. The lowest BCUT2D eigenvalue weighted by atomic mass is 10.0. The van der Waals surface area contributed by atoms with E-state index in [0.29, 0.717) is 0 Å². The maximum Gasteiger partial charge on any atom is 0.222 e. The standard InChI is InChI=1S/C16H16F2N2O/c17-13-7-6-12(14(18)8-13)10-20-16(21)9-15(19)11-4-2-1-3-5-11/h1-8,15H,9-10,19H2,(H,20,21). The van der Waals surface area contributed by atoms with E-state index >= 15 is 0 Å². The largest absolute Gasteiger partial charge is 0.352 e. The monoisotopic (exact) mass is 290 g/mol. The number of rotatable bonds is 5. The molecule has 0 aliphatic heterocycles. The van der Waals surface area contributed by atoms with Gasteiger partial charge in [0.05, 0.1) is 0 Å². The first kappa shape index (κ1) is 15.1. The van der Waals surface area contributed by atoms with Crippen molar-refractivity contribution >= 4 is 5.91 Å². The quantitative estimate of drug-likeness (QED) is 0.889. The Morgan fingerprint density at radius 2 is 1.86 bits per heavy atom. The van der Waals surface area contributed by atoms with E-state index in [9.17, 15) is 13.6 Å². The van der Waals surface area contributed by atoms with Crippen LogP contribution in [0, 0.1) is 11.6 Å². The van der Waals surface area contributed by atoms with Crippen molar-refractivity contribution in [2.45, 2.75) is 19.0 Å². The fraction of sp³-hybridized carbons (Fsp3) is 0.188. The van der Waals surface area contributed by atoms with Gasteiger partial charge in [0.15, 0.2) is 0 Å². The molecule has 0 aliphatic rings. The summed E-state index contributed by atoms with van der Waals surface area (Å²) >= 11 is 0. The summed E-state index contributed by atoms with van der Waals surface area (Å²) in [6, 6.07) is 12.1. The van der Waals surface area contributed by atoms with Crippen LogP contribution in [0.5, 0.6) is 0 Å². The molecule has 0 aliphatic carbocycles. The molecule has 0 aromatic heterocycles. The Morgan fingerprint density at radius 3 is 2.52 bits per heavy atom. The van der Waals surface area contributed by atoms with Crippen LogP contribution in [-0.2, 0) is 11.3 Å². The number of carbonyl (C=O) groups is 1. The Labute approximate surface area is 121 Å². The summed E-state index contributed by atoms with van der Waals surface area (Å²) in [7, 11) is 0. The Hall–Kier alpha value is -2.27. The van der Waals surface area contributed by atoms with Crippen LogP contribution < -0.4 is 11.1 Å². The third-order valence-electron chi connectivity index (χ3n) is 3.12. The minimum Gasteiger partial charge on any atom is -0.352 e. The van der Waals surface area contributed by atoms with Crippen LogP contribution in [0.2, 0.25) is 0 Å². The van der Waals surface area contributed by atoms with Gasteiger partial charge in [0.1, 0.15) is 11.6 Å². The maximum absolute atomic E-state index is 13.4. The number of nitrogens with two attached hydrogens (primary N) is 1. The van der Waals surface area contributed by atoms with Gasteiger partial charge >= 0.3 is 0 Å². The zero-order valence-electron chi connectivity index (χ0n) is 11.4. The molecule has 0 spiro atoms. The van der Waals surface area contributed by atoms with Crippen LogP contribution in [-0.4, -0.2) is 5.91 Å². The van der Waals surface area contributed by atoms with Gasteiger partial charge in [0.2, 0.25) is 5.91 Å². The minimum atomic E-state index is -0.678. The Morgan fingerprint density at radius 1 is 1.14 bits per heavy atom. The van der Waals surface area contributed by atoms with Crippen molar-refractivity contribution in [3.8, 4) is 0 Å².